The van der Waals surface area contributed by atoms with Gasteiger partial charge in [0.25, 0.3) is 0 Å². The number of nitrogens with two attached hydrogens (primary N) is 2. The van der Waals surface area contributed by atoms with Crippen molar-refractivity contribution >= 4 is 17.3 Å². The molecule has 0 aliphatic rings. The lowest BCUT2D eigenvalue weighted by molar-refractivity contribution is 0.481. The van der Waals surface area contributed by atoms with Crippen molar-refractivity contribution in [1.29, 1.82) is 10.7 Å². The van der Waals surface area contributed by atoms with E-state index in [4.69, 9.17) is 26.9 Å². The predicted molar refractivity (Wildman–Crippen MR) is 94.5 cm³/mol. The maximum atomic E-state index is 9.10. The number of aromatic nitrogens is 2. The van der Waals surface area contributed by atoms with Gasteiger partial charge in [0.1, 0.15) is 35.5 Å². The van der Waals surface area contributed by atoms with Crippen molar-refractivity contribution in [3.63, 3.8) is 0 Å². The van der Waals surface area contributed by atoms with Crippen LogP contribution >= 0.6 is 0 Å². The highest BCUT2D eigenvalue weighted by Gasteiger charge is 2.14. The number of nitrogen functional groups attached to an aromatic ring is 2. The number of nitriles is 1. The number of hydrogen-bond donors (Lipinski definition) is 3. The number of anilines is 2. The minimum Gasteiger partial charge on any atom is -0.456 e. The average Bonchev–Trinajstić information content (AvgIpc) is 2.62. The summed E-state index contributed by atoms with van der Waals surface area (Å²) in [5, 5.41) is 17.4. The van der Waals surface area contributed by atoms with Crippen molar-refractivity contribution in [2.24, 2.45) is 0 Å². The van der Waals surface area contributed by atoms with Crippen molar-refractivity contribution in [3.8, 4) is 17.6 Å². The molecule has 3 aromatic rings. The Bertz CT molecular complexity index is 955. The van der Waals surface area contributed by atoms with E-state index < -0.39 is 0 Å². The molecule has 2 aromatic carbocycles. The van der Waals surface area contributed by atoms with Crippen LogP contribution in [-0.4, -0.2) is 15.7 Å². The summed E-state index contributed by atoms with van der Waals surface area (Å²) in [4.78, 5) is 7.74. The molecule has 0 spiro atoms. The SMILES string of the molecule is N#Cc1ccccc1Oc1ccc(C(=N)c2c(N)ncnc2N)cc1. The van der Waals surface area contributed by atoms with Crippen LogP contribution in [-0.2, 0) is 0 Å². The van der Waals surface area contributed by atoms with Crippen molar-refractivity contribution in [1.82, 2.24) is 9.97 Å². The van der Waals surface area contributed by atoms with E-state index in [2.05, 4.69) is 16.0 Å². The molecule has 0 aliphatic carbocycles. The summed E-state index contributed by atoms with van der Waals surface area (Å²) in [6.07, 6.45) is 1.25. The Morgan fingerprint density at radius 2 is 1.64 bits per heavy atom. The zero-order valence-electron chi connectivity index (χ0n) is 13.1. The van der Waals surface area contributed by atoms with Gasteiger partial charge in [0.05, 0.1) is 16.8 Å². The molecule has 0 aliphatic heterocycles. The van der Waals surface area contributed by atoms with Gasteiger partial charge in [-0.15, -0.1) is 0 Å². The normalized spacial score (nSPS) is 10.0. The number of para-hydroxylation sites is 1. The highest BCUT2D eigenvalue weighted by molar-refractivity contribution is 6.15. The summed E-state index contributed by atoms with van der Waals surface area (Å²) in [7, 11) is 0. The molecule has 5 N–H and O–H groups in total. The number of ether oxygens (including phenoxy) is 1. The topological polar surface area (TPSA) is 135 Å². The van der Waals surface area contributed by atoms with E-state index in [0.717, 1.165) is 0 Å². The maximum absolute atomic E-state index is 9.10. The average molecular weight is 330 g/mol. The number of nitrogens with zero attached hydrogens (tertiary/aromatic N) is 3. The fourth-order valence-corrected chi connectivity index (χ4v) is 2.28. The van der Waals surface area contributed by atoms with Gasteiger partial charge in [0.15, 0.2) is 0 Å². The van der Waals surface area contributed by atoms with Gasteiger partial charge in [0, 0.05) is 5.56 Å². The second kappa shape index (κ2) is 6.68. The first-order chi connectivity index (χ1) is 12.1. The van der Waals surface area contributed by atoms with E-state index >= 15 is 0 Å². The molecule has 0 atom stereocenters. The van der Waals surface area contributed by atoms with Crippen molar-refractivity contribution in [2.75, 3.05) is 11.5 Å². The first kappa shape index (κ1) is 16.0. The Labute approximate surface area is 144 Å². The van der Waals surface area contributed by atoms with Gasteiger partial charge in [-0.2, -0.15) is 5.26 Å². The summed E-state index contributed by atoms with van der Waals surface area (Å²) in [5.74, 6) is 1.32. The second-order valence-corrected chi connectivity index (χ2v) is 5.13. The molecule has 0 bridgehead atoms. The molecule has 25 heavy (non-hydrogen) atoms. The van der Waals surface area contributed by atoms with Gasteiger partial charge < -0.3 is 16.2 Å². The van der Waals surface area contributed by atoms with Gasteiger partial charge in [-0.1, -0.05) is 12.1 Å². The minimum absolute atomic E-state index is 0.125. The molecule has 7 nitrogen and oxygen atoms in total. The molecule has 1 aromatic heterocycles. The highest BCUT2D eigenvalue weighted by atomic mass is 16.5. The van der Waals surface area contributed by atoms with Crippen LogP contribution in [0.4, 0.5) is 11.6 Å². The molecule has 1 heterocycles. The van der Waals surface area contributed by atoms with Crippen LogP contribution in [0.25, 0.3) is 0 Å². The summed E-state index contributed by atoms with van der Waals surface area (Å²) in [5.41, 5.74) is 13.1. The van der Waals surface area contributed by atoms with Gasteiger partial charge >= 0.3 is 0 Å². The quantitative estimate of drug-likeness (QED) is 0.629. The molecule has 0 unspecified atom stereocenters. The number of hydrogen-bond acceptors (Lipinski definition) is 7. The lowest BCUT2D eigenvalue weighted by Crippen LogP contribution is -2.11. The van der Waals surface area contributed by atoms with Gasteiger partial charge in [0.2, 0.25) is 0 Å². The molecule has 0 amide bonds. The van der Waals surface area contributed by atoms with Crippen molar-refractivity contribution in [2.45, 2.75) is 0 Å². The minimum atomic E-state index is 0.125. The first-order valence-electron chi connectivity index (χ1n) is 7.32. The monoisotopic (exact) mass is 330 g/mol. The van der Waals surface area contributed by atoms with Crippen molar-refractivity contribution in [3.05, 3.63) is 71.5 Å². The molecule has 0 saturated heterocycles. The van der Waals surface area contributed by atoms with Crippen molar-refractivity contribution < 1.29 is 4.74 Å². The van der Waals surface area contributed by atoms with Gasteiger partial charge in [-0.05, 0) is 36.4 Å². The van der Waals surface area contributed by atoms with Gasteiger partial charge in [-0.25, -0.2) is 9.97 Å². The van der Waals surface area contributed by atoms with Crippen LogP contribution in [0.3, 0.4) is 0 Å². The third-order valence-corrected chi connectivity index (χ3v) is 3.53. The third-order valence-electron chi connectivity index (χ3n) is 3.53. The Morgan fingerprint density at radius 1 is 1.00 bits per heavy atom. The van der Waals surface area contributed by atoms with E-state index in [1.807, 2.05) is 0 Å². The van der Waals surface area contributed by atoms with Gasteiger partial charge in [-0.3, -0.25) is 5.41 Å². The van der Waals surface area contributed by atoms with E-state index in [-0.39, 0.29) is 17.3 Å². The summed E-state index contributed by atoms with van der Waals surface area (Å²) >= 11 is 0. The smallest absolute Gasteiger partial charge is 0.145 e. The maximum Gasteiger partial charge on any atom is 0.145 e. The summed E-state index contributed by atoms with van der Waals surface area (Å²) < 4.78 is 5.72. The summed E-state index contributed by atoms with van der Waals surface area (Å²) in [6.45, 7) is 0. The Hall–Kier alpha value is -3.92. The molecule has 7 heteroatoms. The fourth-order valence-electron chi connectivity index (χ4n) is 2.28. The number of nitrogens with one attached hydrogen (secondary N) is 1. The number of benzene rings is 2. The Morgan fingerprint density at radius 3 is 2.28 bits per heavy atom. The third kappa shape index (κ3) is 3.23. The van der Waals surface area contributed by atoms with Crippen LogP contribution < -0.4 is 16.2 Å². The standard InChI is InChI=1S/C18H14N6O/c19-9-12-3-1-2-4-14(12)25-13-7-5-11(6-8-13)16(20)15-17(21)23-10-24-18(15)22/h1-8,10,20H,(H4,21,22,23,24). The van der Waals surface area contributed by atoms with Crippen LogP contribution in [0, 0.1) is 16.7 Å². The van der Waals surface area contributed by atoms with E-state index in [1.54, 1.807) is 48.5 Å². The molecule has 0 fully saturated rings. The second-order valence-electron chi connectivity index (χ2n) is 5.13. The first-order valence-corrected chi connectivity index (χ1v) is 7.32. The van der Waals surface area contributed by atoms with E-state index in [9.17, 15) is 0 Å². The fraction of sp³-hybridized carbons (Fsp3) is 0. The predicted octanol–water partition coefficient (Wildman–Crippen LogP) is 2.72. The Balaban J connectivity index is 1.86. The lowest BCUT2D eigenvalue weighted by Gasteiger charge is -2.10. The highest BCUT2D eigenvalue weighted by Crippen LogP contribution is 2.26. The zero-order chi connectivity index (χ0) is 17.8. The van der Waals surface area contributed by atoms with Crippen LogP contribution in [0.15, 0.2) is 54.9 Å². The molecular weight excluding hydrogens is 316 g/mol. The zero-order valence-corrected chi connectivity index (χ0v) is 13.1. The van der Waals surface area contributed by atoms with Crippen LogP contribution in [0.1, 0.15) is 16.7 Å². The molecule has 0 saturated carbocycles. The molecule has 0 radical (unpaired) electrons. The summed E-state index contributed by atoms with van der Waals surface area (Å²) in [6, 6.07) is 15.9. The lowest BCUT2D eigenvalue weighted by atomic mass is 10.0. The van der Waals surface area contributed by atoms with Crippen LogP contribution in [0.2, 0.25) is 0 Å². The molecular formula is C18H14N6O. The number of rotatable bonds is 4. The largest absolute Gasteiger partial charge is 0.456 e. The Kier molecular flexibility index (Phi) is 4.26. The molecule has 122 valence electrons. The van der Waals surface area contributed by atoms with E-state index in [1.165, 1.54) is 6.33 Å². The molecule has 3 rings (SSSR count). The van der Waals surface area contributed by atoms with Crippen LogP contribution in [0.5, 0.6) is 11.5 Å². The van der Waals surface area contributed by atoms with E-state index in [0.29, 0.717) is 28.2 Å².